The molecule has 0 bridgehead atoms. The number of fused-ring (bicyclic) bond motifs is 9. The summed E-state index contributed by atoms with van der Waals surface area (Å²) in [6.07, 6.45) is 4.54. The molecule has 0 amide bonds. The van der Waals surface area contributed by atoms with Crippen LogP contribution < -0.4 is 0 Å². The molecule has 2 N–H and O–H groups in total. The molecule has 2 nitrogen and oxygen atoms in total. The Morgan fingerprint density at radius 2 is 0.930 bits per heavy atom. The molecule has 6 aromatic heterocycles. The van der Waals surface area contributed by atoms with Gasteiger partial charge in [-0.1, -0.05) is 73.6 Å². The molecule has 0 fully saturated rings. The van der Waals surface area contributed by atoms with Crippen molar-refractivity contribution in [1.82, 2.24) is 0 Å². The van der Waals surface area contributed by atoms with Gasteiger partial charge in [-0.05, 0) is 70.5 Å². The Hall–Kier alpha value is -2.72. The zero-order valence-electron chi connectivity index (χ0n) is 23.4. The van der Waals surface area contributed by atoms with Gasteiger partial charge < -0.3 is 10.2 Å². The van der Waals surface area contributed by atoms with Crippen LogP contribution in [-0.4, -0.2) is 10.2 Å². The Morgan fingerprint density at radius 1 is 0.512 bits per heavy atom. The second-order valence-corrected chi connectivity index (χ2v) is 17.8. The van der Waals surface area contributed by atoms with Gasteiger partial charge in [-0.15, -0.1) is 45.3 Å². The smallest absolute Gasteiger partial charge is 0.173 e. The van der Waals surface area contributed by atoms with Crippen LogP contribution in [0.3, 0.4) is 0 Å². The van der Waals surface area contributed by atoms with Crippen LogP contribution in [0.1, 0.15) is 50.7 Å². The van der Waals surface area contributed by atoms with E-state index in [1.54, 1.807) is 22.7 Å². The third-order valence-electron chi connectivity index (χ3n) is 8.90. The van der Waals surface area contributed by atoms with Crippen molar-refractivity contribution in [2.24, 2.45) is 0 Å². The standard InChI is InChI=1S/C35H26O2S6/c1-3-9-35(10-4-2)21-11-17(23-13-25-31(40-23)33-27(38-25)15-29(36)42-33)5-7-19(21)20-8-6-18(12-22(20)35)24-14-26-32(41-24)34-28(39-26)16-30(37)43-34/h5-8,11-16,36-37H,3-4,9-10H2,1-2H3. The molecule has 214 valence electrons. The van der Waals surface area contributed by atoms with Gasteiger partial charge in [0, 0.05) is 36.7 Å². The van der Waals surface area contributed by atoms with Gasteiger partial charge in [0.25, 0.3) is 0 Å². The molecule has 2 aromatic carbocycles. The molecule has 0 atom stereocenters. The molecule has 8 aromatic rings. The molecule has 0 aliphatic heterocycles. The second-order valence-electron chi connectivity index (χ2n) is 11.5. The molecule has 0 radical (unpaired) electrons. The van der Waals surface area contributed by atoms with E-state index < -0.39 is 0 Å². The number of benzene rings is 2. The summed E-state index contributed by atoms with van der Waals surface area (Å²) >= 11 is 10.3. The zero-order valence-corrected chi connectivity index (χ0v) is 28.3. The van der Waals surface area contributed by atoms with Crippen molar-refractivity contribution in [3.05, 3.63) is 71.8 Å². The molecule has 1 aliphatic rings. The van der Waals surface area contributed by atoms with Crippen LogP contribution in [-0.2, 0) is 5.41 Å². The highest BCUT2D eigenvalue weighted by Gasteiger charge is 2.42. The van der Waals surface area contributed by atoms with Crippen molar-refractivity contribution < 1.29 is 10.2 Å². The Kier molecular flexibility index (Phi) is 5.98. The molecule has 0 unspecified atom stereocenters. The lowest BCUT2D eigenvalue weighted by Gasteiger charge is -2.32. The molecule has 1 aliphatic carbocycles. The number of aromatic hydroxyl groups is 2. The van der Waals surface area contributed by atoms with Crippen molar-refractivity contribution >= 4 is 106 Å². The minimum atomic E-state index is 0.00306. The summed E-state index contributed by atoms with van der Waals surface area (Å²) in [5.41, 5.74) is 8.35. The average Bonchev–Trinajstić information content (AvgIpc) is 3.83. The first-order valence-corrected chi connectivity index (χ1v) is 19.5. The van der Waals surface area contributed by atoms with Gasteiger partial charge in [0.05, 0.1) is 28.2 Å². The van der Waals surface area contributed by atoms with Gasteiger partial charge in [0.15, 0.2) is 10.1 Å². The predicted molar refractivity (Wildman–Crippen MR) is 194 cm³/mol. The van der Waals surface area contributed by atoms with Gasteiger partial charge in [0.2, 0.25) is 0 Å². The number of hydrogen-bond acceptors (Lipinski definition) is 8. The largest absolute Gasteiger partial charge is 0.499 e. The zero-order chi connectivity index (χ0) is 29.0. The van der Waals surface area contributed by atoms with Crippen molar-refractivity contribution in [3.8, 4) is 42.1 Å². The van der Waals surface area contributed by atoms with Gasteiger partial charge in [0.1, 0.15) is 0 Å². The topological polar surface area (TPSA) is 40.5 Å². The predicted octanol–water partition coefficient (Wildman–Crippen LogP) is 13.3. The first-order chi connectivity index (χ1) is 21.0. The number of rotatable bonds is 6. The summed E-state index contributed by atoms with van der Waals surface area (Å²) < 4.78 is 10.0. The van der Waals surface area contributed by atoms with Crippen LogP contribution in [0, 0.1) is 0 Å². The molecule has 43 heavy (non-hydrogen) atoms. The van der Waals surface area contributed by atoms with E-state index in [4.69, 9.17) is 0 Å². The van der Waals surface area contributed by atoms with E-state index in [0.29, 0.717) is 10.1 Å². The Bertz CT molecular complexity index is 2200. The highest BCUT2D eigenvalue weighted by molar-refractivity contribution is 7.40. The summed E-state index contributed by atoms with van der Waals surface area (Å²) in [6, 6.07) is 22.9. The normalized spacial score (nSPS) is 14.1. The quantitative estimate of drug-likeness (QED) is 0.185. The summed E-state index contributed by atoms with van der Waals surface area (Å²) in [6.45, 7) is 4.65. The third kappa shape index (κ3) is 3.84. The number of hydrogen-bond donors (Lipinski definition) is 2. The second kappa shape index (κ2) is 9.64. The van der Waals surface area contributed by atoms with Crippen molar-refractivity contribution in [1.29, 1.82) is 0 Å². The van der Waals surface area contributed by atoms with E-state index in [9.17, 15) is 10.2 Å². The van der Waals surface area contributed by atoms with E-state index in [1.165, 1.54) is 103 Å². The van der Waals surface area contributed by atoms with Crippen LogP contribution >= 0.6 is 68.0 Å². The van der Waals surface area contributed by atoms with Gasteiger partial charge >= 0.3 is 0 Å². The first kappa shape index (κ1) is 26.7. The molecule has 6 heterocycles. The SMILES string of the molecule is CCCC1(CCC)c2cc(-c3cc4sc5cc(O)sc5c4s3)ccc2-c2ccc(-c3cc4sc5cc(O)sc5c4s3)cc21. The molecule has 0 spiro atoms. The van der Waals surface area contributed by atoms with E-state index >= 15 is 0 Å². The number of thiophene rings is 6. The van der Waals surface area contributed by atoms with Crippen molar-refractivity contribution in [3.63, 3.8) is 0 Å². The summed E-state index contributed by atoms with van der Waals surface area (Å²) in [5.74, 6) is 0. The molecule has 8 heteroatoms. The van der Waals surface area contributed by atoms with E-state index in [-0.39, 0.29) is 5.41 Å². The Labute approximate surface area is 272 Å². The highest BCUT2D eigenvalue weighted by atomic mass is 32.1. The van der Waals surface area contributed by atoms with Gasteiger partial charge in [-0.2, -0.15) is 0 Å². The first-order valence-electron chi connectivity index (χ1n) is 14.6. The maximum Gasteiger partial charge on any atom is 0.173 e. The van der Waals surface area contributed by atoms with Gasteiger partial charge in [-0.3, -0.25) is 0 Å². The van der Waals surface area contributed by atoms with Gasteiger partial charge in [-0.25, -0.2) is 0 Å². The Morgan fingerprint density at radius 3 is 1.37 bits per heavy atom. The molecule has 0 saturated carbocycles. The van der Waals surface area contributed by atoms with Crippen molar-refractivity contribution in [2.45, 2.75) is 44.9 Å². The van der Waals surface area contributed by atoms with E-state index in [1.807, 2.05) is 34.8 Å². The fourth-order valence-corrected chi connectivity index (χ4v) is 14.8. The molecule has 0 saturated heterocycles. The minimum Gasteiger partial charge on any atom is -0.499 e. The van der Waals surface area contributed by atoms with Crippen LogP contribution in [0.4, 0.5) is 0 Å². The lowest BCUT2D eigenvalue weighted by Crippen LogP contribution is -2.25. The van der Waals surface area contributed by atoms with Crippen LogP contribution in [0.2, 0.25) is 0 Å². The molecular formula is C35H26O2S6. The van der Waals surface area contributed by atoms with E-state index in [0.717, 1.165) is 25.7 Å². The third-order valence-corrected chi connectivity index (χ3v) is 16.2. The molecular weight excluding hydrogens is 645 g/mol. The van der Waals surface area contributed by atoms with Crippen LogP contribution in [0.5, 0.6) is 10.1 Å². The maximum atomic E-state index is 10.1. The monoisotopic (exact) mass is 670 g/mol. The summed E-state index contributed by atoms with van der Waals surface area (Å²) in [7, 11) is 0. The van der Waals surface area contributed by atoms with E-state index in [2.05, 4.69) is 62.4 Å². The fourth-order valence-electron chi connectivity index (χ4n) is 7.25. The Balaban J connectivity index is 1.18. The molecule has 9 rings (SSSR count). The average molecular weight is 671 g/mol. The lowest BCUT2D eigenvalue weighted by atomic mass is 9.71. The van der Waals surface area contributed by atoms with Crippen molar-refractivity contribution in [2.75, 3.05) is 0 Å². The lowest BCUT2D eigenvalue weighted by molar-refractivity contribution is 0.436. The van der Waals surface area contributed by atoms with Crippen LogP contribution in [0.15, 0.2) is 60.7 Å². The maximum absolute atomic E-state index is 10.1. The summed E-state index contributed by atoms with van der Waals surface area (Å²) in [4.78, 5) is 2.61. The summed E-state index contributed by atoms with van der Waals surface area (Å²) in [5, 5.41) is 20.9. The highest BCUT2D eigenvalue weighted by Crippen LogP contribution is 2.57. The van der Waals surface area contributed by atoms with Crippen LogP contribution in [0.25, 0.3) is 69.6 Å². The fraction of sp³-hybridized carbons (Fsp3) is 0.200. The minimum absolute atomic E-state index is 0.00306.